The molecule has 1 heterocycles. The van der Waals surface area contributed by atoms with Gasteiger partial charge in [0, 0.05) is 0 Å². The van der Waals surface area contributed by atoms with E-state index < -0.39 is 0 Å². The number of piperidine rings is 1. The Bertz CT molecular complexity index is 106. The van der Waals surface area contributed by atoms with Gasteiger partial charge in [-0.05, 0) is 31.3 Å². The van der Waals surface area contributed by atoms with Crippen LogP contribution in [0.5, 0.6) is 0 Å². The molecule has 0 unspecified atom stereocenters. The van der Waals surface area contributed by atoms with Gasteiger partial charge in [-0.25, -0.2) is 0 Å². The Balaban J connectivity index is 0.000000810. The lowest BCUT2D eigenvalue weighted by Gasteiger charge is -2.30. The molecule has 1 fully saturated rings. The molecule has 1 saturated heterocycles. The summed E-state index contributed by atoms with van der Waals surface area (Å²) in [5, 5.41) is 3.33. The summed E-state index contributed by atoms with van der Waals surface area (Å²) in [6.45, 7) is 8.42. The van der Waals surface area contributed by atoms with Crippen LogP contribution in [-0.2, 0) is 0 Å². The zero-order chi connectivity index (χ0) is 6.74. The van der Waals surface area contributed by atoms with Crippen LogP contribution in [0, 0.1) is 5.41 Å². The van der Waals surface area contributed by atoms with Crippen molar-refractivity contribution in [3.8, 4) is 0 Å². The van der Waals surface area contributed by atoms with Gasteiger partial charge >= 0.3 is 0 Å². The highest BCUT2D eigenvalue weighted by atomic mass is 35.5. The molecule has 0 spiro atoms. The Labute approximate surface area is 69.3 Å². The Kier molecular flexibility index (Phi) is 3.99. The van der Waals surface area contributed by atoms with Crippen molar-refractivity contribution in [1.29, 1.82) is 0 Å². The standard InChI is InChI=1S/C8H15N.ClH/c1-3-8(2)4-6-9-7-5-8;/h3,9H,1,4-7H2,2H3;1H. The van der Waals surface area contributed by atoms with Crippen molar-refractivity contribution in [3.63, 3.8) is 0 Å². The molecular weight excluding hydrogens is 146 g/mol. The maximum atomic E-state index is 3.83. The van der Waals surface area contributed by atoms with Gasteiger partial charge < -0.3 is 5.32 Å². The molecule has 1 N–H and O–H groups in total. The van der Waals surface area contributed by atoms with Gasteiger partial charge in [0.2, 0.25) is 0 Å². The van der Waals surface area contributed by atoms with E-state index in [-0.39, 0.29) is 12.4 Å². The molecule has 1 nitrogen and oxygen atoms in total. The smallest absolute Gasteiger partial charge is 0.00407 e. The van der Waals surface area contributed by atoms with E-state index in [4.69, 9.17) is 0 Å². The monoisotopic (exact) mass is 161 g/mol. The largest absolute Gasteiger partial charge is 0.317 e. The molecule has 2 heteroatoms. The molecule has 0 aromatic rings. The van der Waals surface area contributed by atoms with Crippen LogP contribution in [0.4, 0.5) is 0 Å². The first-order valence-corrected chi connectivity index (χ1v) is 3.61. The van der Waals surface area contributed by atoms with E-state index >= 15 is 0 Å². The zero-order valence-corrected chi connectivity index (χ0v) is 7.34. The Morgan fingerprint density at radius 1 is 1.40 bits per heavy atom. The fourth-order valence-electron chi connectivity index (χ4n) is 1.20. The van der Waals surface area contributed by atoms with E-state index in [9.17, 15) is 0 Å². The van der Waals surface area contributed by atoms with Crippen LogP contribution in [0.25, 0.3) is 0 Å². The first-order valence-electron chi connectivity index (χ1n) is 3.61. The van der Waals surface area contributed by atoms with Crippen molar-refractivity contribution >= 4 is 12.4 Å². The molecule has 0 radical (unpaired) electrons. The van der Waals surface area contributed by atoms with Crippen molar-refractivity contribution in [2.75, 3.05) is 13.1 Å². The molecule has 0 saturated carbocycles. The SMILES string of the molecule is C=CC1(C)CCNCC1.Cl. The summed E-state index contributed by atoms with van der Waals surface area (Å²) in [6, 6.07) is 0. The third-order valence-electron chi connectivity index (χ3n) is 2.24. The number of allylic oxidation sites excluding steroid dienone is 1. The molecule has 10 heavy (non-hydrogen) atoms. The summed E-state index contributed by atoms with van der Waals surface area (Å²) in [5.41, 5.74) is 0.422. The van der Waals surface area contributed by atoms with Crippen LogP contribution in [0.3, 0.4) is 0 Å². The first kappa shape index (κ1) is 9.99. The highest BCUT2D eigenvalue weighted by molar-refractivity contribution is 5.85. The summed E-state index contributed by atoms with van der Waals surface area (Å²) in [6.07, 6.45) is 4.58. The van der Waals surface area contributed by atoms with Crippen LogP contribution in [0.1, 0.15) is 19.8 Å². The van der Waals surface area contributed by atoms with Crippen molar-refractivity contribution < 1.29 is 0 Å². The fourth-order valence-corrected chi connectivity index (χ4v) is 1.20. The van der Waals surface area contributed by atoms with Gasteiger partial charge in [-0.1, -0.05) is 13.0 Å². The molecule has 1 aliphatic rings. The van der Waals surface area contributed by atoms with Crippen molar-refractivity contribution in [1.82, 2.24) is 5.32 Å². The molecule has 0 amide bonds. The molecule has 0 aromatic heterocycles. The van der Waals surface area contributed by atoms with Gasteiger partial charge in [0.25, 0.3) is 0 Å². The average molecular weight is 162 g/mol. The van der Waals surface area contributed by atoms with E-state index in [0.717, 1.165) is 13.1 Å². The number of hydrogen-bond acceptors (Lipinski definition) is 1. The lowest BCUT2D eigenvalue weighted by Crippen LogP contribution is -2.33. The normalized spacial score (nSPS) is 22.9. The summed E-state index contributed by atoms with van der Waals surface area (Å²) >= 11 is 0. The number of nitrogens with one attached hydrogen (secondary N) is 1. The summed E-state index contributed by atoms with van der Waals surface area (Å²) in [7, 11) is 0. The highest BCUT2D eigenvalue weighted by Crippen LogP contribution is 2.28. The zero-order valence-electron chi connectivity index (χ0n) is 6.52. The molecule has 60 valence electrons. The van der Waals surface area contributed by atoms with Crippen LogP contribution in [0.2, 0.25) is 0 Å². The maximum Gasteiger partial charge on any atom is -0.00407 e. The second-order valence-corrected chi connectivity index (χ2v) is 3.11. The molecule has 0 aliphatic carbocycles. The van der Waals surface area contributed by atoms with Gasteiger partial charge in [-0.3, -0.25) is 0 Å². The lowest BCUT2D eigenvalue weighted by atomic mass is 9.81. The van der Waals surface area contributed by atoms with Gasteiger partial charge in [-0.2, -0.15) is 0 Å². The highest BCUT2D eigenvalue weighted by Gasteiger charge is 2.21. The summed E-state index contributed by atoms with van der Waals surface area (Å²) in [5.74, 6) is 0. The number of halogens is 1. The second kappa shape index (κ2) is 3.99. The third kappa shape index (κ3) is 2.31. The van der Waals surface area contributed by atoms with E-state index in [1.54, 1.807) is 0 Å². The third-order valence-corrected chi connectivity index (χ3v) is 2.24. The Hall–Kier alpha value is -0.0100. The molecule has 0 atom stereocenters. The molecule has 1 aliphatic heterocycles. The maximum absolute atomic E-state index is 3.83. The van der Waals surface area contributed by atoms with E-state index in [2.05, 4.69) is 24.9 Å². The predicted molar refractivity (Wildman–Crippen MR) is 47.7 cm³/mol. The molecule has 0 bridgehead atoms. The van der Waals surface area contributed by atoms with Crippen LogP contribution >= 0.6 is 12.4 Å². The van der Waals surface area contributed by atoms with Crippen molar-refractivity contribution in [2.24, 2.45) is 5.41 Å². The van der Waals surface area contributed by atoms with E-state index in [1.807, 2.05) is 0 Å². The minimum Gasteiger partial charge on any atom is -0.317 e. The summed E-state index contributed by atoms with van der Waals surface area (Å²) in [4.78, 5) is 0. The average Bonchev–Trinajstić information content (AvgIpc) is 1.90. The molecular formula is C8H16ClN. The number of rotatable bonds is 1. The van der Waals surface area contributed by atoms with Crippen molar-refractivity contribution in [3.05, 3.63) is 12.7 Å². The van der Waals surface area contributed by atoms with E-state index in [0.29, 0.717) is 5.41 Å². The quantitative estimate of drug-likeness (QED) is 0.580. The number of hydrogen-bond donors (Lipinski definition) is 1. The van der Waals surface area contributed by atoms with E-state index in [1.165, 1.54) is 12.8 Å². The van der Waals surface area contributed by atoms with Crippen LogP contribution < -0.4 is 5.32 Å². The molecule has 1 rings (SSSR count). The van der Waals surface area contributed by atoms with Gasteiger partial charge in [0.15, 0.2) is 0 Å². The Morgan fingerprint density at radius 3 is 2.20 bits per heavy atom. The Morgan fingerprint density at radius 2 is 1.90 bits per heavy atom. The van der Waals surface area contributed by atoms with Gasteiger partial charge in [0.1, 0.15) is 0 Å². The molecule has 0 aromatic carbocycles. The topological polar surface area (TPSA) is 12.0 Å². The van der Waals surface area contributed by atoms with Crippen molar-refractivity contribution in [2.45, 2.75) is 19.8 Å². The minimum atomic E-state index is 0. The lowest BCUT2D eigenvalue weighted by molar-refractivity contribution is 0.302. The first-order chi connectivity index (χ1) is 4.27. The fraction of sp³-hybridized carbons (Fsp3) is 0.750. The van der Waals surface area contributed by atoms with Gasteiger partial charge in [-0.15, -0.1) is 19.0 Å². The van der Waals surface area contributed by atoms with Gasteiger partial charge in [0.05, 0.1) is 0 Å². The predicted octanol–water partition coefficient (Wildman–Crippen LogP) is 1.98. The van der Waals surface area contributed by atoms with Crippen LogP contribution in [0.15, 0.2) is 12.7 Å². The second-order valence-electron chi connectivity index (χ2n) is 3.11. The summed E-state index contributed by atoms with van der Waals surface area (Å²) < 4.78 is 0. The van der Waals surface area contributed by atoms with Crippen LogP contribution in [-0.4, -0.2) is 13.1 Å². The minimum absolute atomic E-state index is 0.